The zero-order chi connectivity index (χ0) is 23.0. The van der Waals surface area contributed by atoms with Crippen molar-refractivity contribution < 1.29 is 18.0 Å². The van der Waals surface area contributed by atoms with Gasteiger partial charge in [-0.3, -0.25) is 9.69 Å². The van der Waals surface area contributed by atoms with E-state index in [-0.39, 0.29) is 18.1 Å². The number of alkyl halides is 3. The van der Waals surface area contributed by atoms with E-state index in [4.69, 9.17) is 0 Å². The van der Waals surface area contributed by atoms with E-state index >= 15 is 0 Å². The molecule has 1 saturated heterocycles. The third kappa shape index (κ3) is 4.90. The predicted octanol–water partition coefficient (Wildman–Crippen LogP) is 3.63. The highest BCUT2D eigenvalue weighted by molar-refractivity contribution is 7.13. The van der Waals surface area contributed by atoms with Gasteiger partial charge in [-0.25, -0.2) is 14.5 Å². The highest BCUT2D eigenvalue weighted by Gasteiger charge is 2.37. The standard InChI is InChI=1S/C20H24F3N7OS/c1-11-5-4-6-29(8-11)9-14-10-32-19(25-14)26-16(31)7-15-12(2)24-18-27-17(20(21,22)23)28-30(18)13(15)3/h10-11H,4-9H2,1-3H3,(H,25,26,31)/t11-/m0/s1. The number of thiazole rings is 1. The first-order valence-electron chi connectivity index (χ1n) is 10.4. The quantitative estimate of drug-likeness (QED) is 0.617. The van der Waals surface area contributed by atoms with Gasteiger partial charge in [0.15, 0.2) is 5.13 Å². The highest BCUT2D eigenvalue weighted by atomic mass is 32.1. The number of halogens is 3. The zero-order valence-electron chi connectivity index (χ0n) is 18.0. The van der Waals surface area contributed by atoms with Gasteiger partial charge in [0.25, 0.3) is 11.6 Å². The van der Waals surface area contributed by atoms with Crippen molar-refractivity contribution in [3.63, 3.8) is 0 Å². The monoisotopic (exact) mass is 467 g/mol. The SMILES string of the molecule is Cc1nc2nc(C(F)(F)F)nn2c(C)c1CC(=O)Nc1nc(CN2CCC[C@H](C)C2)cs1. The summed E-state index contributed by atoms with van der Waals surface area (Å²) in [4.78, 5) is 27.1. The van der Waals surface area contributed by atoms with Crippen molar-refractivity contribution in [2.75, 3.05) is 18.4 Å². The average molecular weight is 468 g/mol. The first-order valence-corrected chi connectivity index (χ1v) is 11.2. The molecule has 0 aliphatic carbocycles. The second-order valence-corrected chi connectivity index (χ2v) is 9.12. The molecule has 12 heteroatoms. The van der Waals surface area contributed by atoms with Crippen LogP contribution in [-0.4, -0.2) is 48.5 Å². The van der Waals surface area contributed by atoms with Crippen LogP contribution in [-0.2, 0) is 23.9 Å². The average Bonchev–Trinajstić information content (AvgIpc) is 3.32. The number of rotatable bonds is 5. The molecule has 0 radical (unpaired) electrons. The van der Waals surface area contributed by atoms with Crippen LogP contribution >= 0.6 is 11.3 Å². The summed E-state index contributed by atoms with van der Waals surface area (Å²) in [6.45, 7) is 8.34. The lowest BCUT2D eigenvalue weighted by Gasteiger charge is -2.30. The number of amides is 1. The molecular weight excluding hydrogens is 443 g/mol. The Morgan fingerprint density at radius 2 is 2.06 bits per heavy atom. The van der Waals surface area contributed by atoms with Gasteiger partial charge >= 0.3 is 6.18 Å². The van der Waals surface area contributed by atoms with Gasteiger partial charge in [-0.05, 0) is 39.2 Å². The van der Waals surface area contributed by atoms with Crippen molar-refractivity contribution in [1.82, 2.24) is 29.5 Å². The van der Waals surface area contributed by atoms with Crippen molar-refractivity contribution in [3.05, 3.63) is 33.8 Å². The van der Waals surface area contributed by atoms with Gasteiger partial charge in [0.1, 0.15) is 0 Å². The van der Waals surface area contributed by atoms with Crippen molar-refractivity contribution in [2.45, 2.75) is 52.8 Å². The number of fused-ring (bicyclic) bond motifs is 1. The molecule has 1 amide bonds. The number of aromatic nitrogens is 5. The van der Waals surface area contributed by atoms with E-state index in [1.54, 1.807) is 13.8 Å². The van der Waals surface area contributed by atoms with Crippen LogP contribution < -0.4 is 5.32 Å². The van der Waals surface area contributed by atoms with Crippen LogP contribution in [0.15, 0.2) is 5.38 Å². The van der Waals surface area contributed by atoms with E-state index in [1.165, 1.54) is 24.2 Å². The first kappa shape index (κ1) is 22.6. The third-order valence-corrected chi connectivity index (χ3v) is 6.37. The summed E-state index contributed by atoms with van der Waals surface area (Å²) >= 11 is 1.36. The molecule has 3 aromatic heterocycles. The van der Waals surface area contributed by atoms with Crippen LogP contribution in [0.25, 0.3) is 5.78 Å². The fourth-order valence-corrected chi connectivity index (χ4v) is 4.72. The Labute approximate surface area is 186 Å². The Hall–Kier alpha value is -2.60. The van der Waals surface area contributed by atoms with E-state index in [2.05, 4.69) is 37.2 Å². The molecule has 4 rings (SSSR count). The number of carbonyl (C=O) groups excluding carboxylic acids is 1. The van der Waals surface area contributed by atoms with Gasteiger partial charge < -0.3 is 5.32 Å². The molecule has 0 aromatic carbocycles. The maximum absolute atomic E-state index is 12.9. The zero-order valence-corrected chi connectivity index (χ0v) is 18.8. The van der Waals surface area contributed by atoms with E-state index in [9.17, 15) is 18.0 Å². The number of carbonyl (C=O) groups is 1. The Bertz CT molecular complexity index is 1140. The summed E-state index contributed by atoms with van der Waals surface area (Å²) in [5.41, 5.74) is 2.25. The van der Waals surface area contributed by atoms with Gasteiger partial charge in [-0.15, -0.1) is 16.4 Å². The lowest BCUT2D eigenvalue weighted by Crippen LogP contribution is -2.33. The summed E-state index contributed by atoms with van der Waals surface area (Å²) < 4.78 is 39.9. The normalized spacial score (nSPS) is 17.8. The number of nitrogens with zero attached hydrogens (tertiary/aromatic N) is 6. The summed E-state index contributed by atoms with van der Waals surface area (Å²) in [6, 6.07) is 0. The van der Waals surface area contributed by atoms with E-state index in [0.29, 0.717) is 28.0 Å². The molecule has 0 spiro atoms. The van der Waals surface area contributed by atoms with Crippen LogP contribution in [0.4, 0.5) is 18.3 Å². The predicted molar refractivity (Wildman–Crippen MR) is 113 cm³/mol. The molecular formula is C20H24F3N7OS. The fourth-order valence-electron chi connectivity index (χ4n) is 4.00. The van der Waals surface area contributed by atoms with Crippen LogP contribution in [0.1, 0.15) is 48.2 Å². The molecule has 0 bridgehead atoms. The largest absolute Gasteiger partial charge is 0.453 e. The molecule has 8 nitrogen and oxygen atoms in total. The van der Waals surface area contributed by atoms with E-state index < -0.39 is 12.0 Å². The van der Waals surface area contributed by atoms with Gasteiger partial charge in [0.2, 0.25) is 5.91 Å². The topological polar surface area (TPSA) is 88.3 Å². The molecule has 172 valence electrons. The molecule has 3 aromatic rings. The molecule has 1 atom stereocenters. The van der Waals surface area contributed by atoms with E-state index in [0.717, 1.165) is 29.8 Å². The molecule has 32 heavy (non-hydrogen) atoms. The second kappa shape index (κ2) is 8.74. The third-order valence-electron chi connectivity index (χ3n) is 5.56. The molecule has 1 aliphatic rings. The van der Waals surface area contributed by atoms with Crippen molar-refractivity contribution in [3.8, 4) is 0 Å². The van der Waals surface area contributed by atoms with Crippen molar-refractivity contribution >= 4 is 28.2 Å². The Morgan fingerprint density at radius 1 is 1.28 bits per heavy atom. The number of likely N-dealkylation sites (tertiary alicyclic amines) is 1. The molecule has 1 N–H and O–H groups in total. The van der Waals surface area contributed by atoms with Gasteiger partial charge in [0, 0.05) is 35.4 Å². The molecule has 1 fully saturated rings. The molecule has 1 aliphatic heterocycles. The minimum absolute atomic E-state index is 0.0552. The van der Waals surface area contributed by atoms with E-state index in [1.807, 2.05) is 5.38 Å². The summed E-state index contributed by atoms with van der Waals surface area (Å²) in [5, 5.41) is 8.73. The number of anilines is 1. The van der Waals surface area contributed by atoms with Crippen LogP contribution in [0.3, 0.4) is 0 Å². The van der Waals surface area contributed by atoms with Crippen molar-refractivity contribution in [2.24, 2.45) is 5.92 Å². The Kier molecular flexibility index (Phi) is 6.17. The van der Waals surface area contributed by atoms with Gasteiger partial charge in [0.05, 0.1) is 12.1 Å². The Morgan fingerprint density at radius 3 is 2.78 bits per heavy atom. The number of piperidine rings is 1. The van der Waals surface area contributed by atoms with Gasteiger partial charge in [-0.2, -0.15) is 18.2 Å². The smallest absolute Gasteiger partial charge is 0.302 e. The van der Waals surface area contributed by atoms with Gasteiger partial charge in [-0.1, -0.05) is 6.92 Å². The lowest BCUT2D eigenvalue weighted by molar-refractivity contribution is -0.144. The fraction of sp³-hybridized carbons (Fsp3) is 0.550. The maximum Gasteiger partial charge on any atom is 0.453 e. The van der Waals surface area contributed by atoms with Crippen molar-refractivity contribution in [1.29, 1.82) is 0 Å². The molecule has 0 saturated carbocycles. The summed E-state index contributed by atoms with van der Waals surface area (Å²) in [6.07, 6.45) is -2.29. The molecule has 0 unspecified atom stereocenters. The summed E-state index contributed by atoms with van der Waals surface area (Å²) in [5.74, 6) is -1.04. The minimum atomic E-state index is -4.67. The number of hydrogen-bond donors (Lipinski definition) is 1. The van der Waals surface area contributed by atoms with Crippen LogP contribution in [0.2, 0.25) is 0 Å². The van der Waals surface area contributed by atoms with Crippen LogP contribution in [0, 0.1) is 19.8 Å². The minimum Gasteiger partial charge on any atom is -0.302 e. The van der Waals surface area contributed by atoms with Crippen LogP contribution in [0.5, 0.6) is 0 Å². The number of hydrogen-bond acceptors (Lipinski definition) is 7. The summed E-state index contributed by atoms with van der Waals surface area (Å²) in [7, 11) is 0. The number of nitrogens with one attached hydrogen (secondary N) is 1. The first-order chi connectivity index (χ1) is 15.1. The maximum atomic E-state index is 12.9. The second-order valence-electron chi connectivity index (χ2n) is 8.26. The lowest BCUT2D eigenvalue weighted by atomic mass is 10.0. The number of aryl methyl sites for hydroxylation is 2. The highest BCUT2D eigenvalue weighted by Crippen LogP contribution is 2.27. The Balaban J connectivity index is 1.44. The molecule has 4 heterocycles.